The molecule has 0 bridgehead atoms. The minimum atomic E-state index is -1.28. The molecule has 0 amide bonds. The first-order chi connectivity index (χ1) is 8.57. The second-order valence-corrected chi connectivity index (χ2v) is 2.99. The Morgan fingerprint density at radius 3 is 2.28 bits per heavy atom. The second kappa shape index (κ2) is 14.2. The van der Waals surface area contributed by atoms with Crippen molar-refractivity contribution in [2.75, 3.05) is 31.9 Å². The van der Waals surface area contributed by atoms with Gasteiger partial charge < -0.3 is 38.3 Å². The molecular weight excluding hydrogens is 349 g/mol. The van der Waals surface area contributed by atoms with Crippen LogP contribution in [0.15, 0.2) is 9.98 Å². The van der Waals surface area contributed by atoms with Crippen LogP contribution in [0, 0.1) is 0 Å². The quantitative estimate of drug-likeness (QED) is 0.228. The Bertz CT molecular complexity index is 300. The van der Waals surface area contributed by atoms with Crippen LogP contribution in [-0.2, 0) is 39.8 Å². The van der Waals surface area contributed by atoms with E-state index in [0.29, 0.717) is 18.8 Å². The summed E-state index contributed by atoms with van der Waals surface area (Å²) in [6, 6.07) is 0. The molecule has 0 atom stereocenters. The molecule has 0 radical (unpaired) electrons. The van der Waals surface area contributed by atoms with Gasteiger partial charge in [-0.15, -0.1) is 6.54 Å². The molecule has 0 fully saturated rings. The summed E-state index contributed by atoms with van der Waals surface area (Å²) in [5.41, 5.74) is 0. The normalized spacial score (nSPS) is 11.7. The molecule has 0 aliphatic carbocycles. The van der Waals surface area contributed by atoms with E-state index in [9.17, 15) is 15.0 Å². The Morgan fingerprint density at radius 2 is 1.78 bits per heavy atom. The van der Waals surface area contributed by atoms with Crippen molar-refractivity contribution in [3.63, 3.8) is 0 Å². The van der Waals surface area contributed by atoms with Gasteiger partial charge >= 0.3 is 28.3 Å². The van der Waals surface area contributed by atoms with E-state index in [2.05, 4.69) is 27.9 Å². The monoisotopic (exact) mass is 360 g/mol. The molecule has 10 heteroatoms. The Labute approximate surface area is 120 Å². The van der Waals surface area contributed by atoms with E-state index in [1.807, 2.05) is 0 Å². The number of carboxylic acids is 1. The summed E-state index contributed by atoms with van der Waals surface area (Å²) in [6.45, 7) is 0.188. The van der Waals surface area contributed by atoms with Crippen LogP contribution >= 0.6 is 0 Å². The molecular formula is C8H11N3O5STc. The third kappa shape index (κ3) is 13.2. The third-order valence-corrected chi connectivity index (χ3v) is 1.49. The SMILES string of the molecule is O=C(O)CN=C([O-])C([O-])=NCC[N-]CC[S-].[O]=[99Tc+4]. The van der Waals surface area contributed by atoms with Gasteiger partial charge in [0.2, 0.25) is 0 Å². The van der Waals surface area contributed by atoms with Crippen molar-refractivity contribution in [3.05, 3.63) is 5.32 Å². The van der Waals surface area contributed by atoms with Gasteiger partial charge in [0.15, 0.2) is 0 Å². The first-order valence-corrected chi connectivity index (χ1v) is 5.93. The van der Waals surface area contributed by atoms with E-state index < -0.39 is 24.3 Å². The molecule has 8 nitrogen and oxygen atoms in total. The van der Waals surface area contributed by atoms with Crippen LogP contribution in [-0.4, -0.2) is 54.8 Å². The van der Waals surface area contributed by atoms with Gasteiger partial charge in [0.05, 0.1) is 0 Å². The molecule has 0 aromatic heterocycles. The Kier molecular flexibility index (Phi) is 15.4. The number of hydrogen-bond donors (Lipinski definition) is 1. The van der Waals surface area contributed by atoms with E-state index >= 15 is 0 Å². The summed E-state index contributed by atoms with van der Waals surface area (Å²) in [6.07, 6.45) is 0. The molecule has 101 valence electrons. The fourth-order valence-corrected chi connectivity index (χ4v) is 0.802. The van der Waals surface area contributed by atoms with Gasteiger partial charge in [0.1, 0.15) is 6.54 Å². The summed E-state index contributed by atoms with van der Waals surface area (Å²) in [4.78, 5) is 16.4. The van der Waals surface area contributed by atoms with E-state index in [-0.39, 0.29) is 6.54 Å². The fourth-order valence-electron chi connectivity index (χ4n) is 0.673. The molecule has 0 aromatic rings. The molecule has 0 spiro atoms. The third-order valence-electron chi connectivity index (χ3n) is 1.30. The summed E-state index contributed by atoms with van der Waals surface area (Å²) < 4.78 is 8.22. The predicted octanol–water partition coefficient (Wildman–Crippen LogP) is -2.61. The van der Waals surface area contributed by atoms with E-state index in [0.717, 1.165) is 18.9 Å². The average molecular weight is 360 g/mol. The van der Waals surface area contributed by atoms with Crippen molar-refractivity contribution in [1.29, 1.82) is 0 Å². The van der Waals surface area contributed by atoms with Gasteiger partial charge in [-0.3, -0.25) is 9.79 Å². The first-order valence-electron chi connectivity index (χ1n) is 4.59. The number of aliphatic imine (C=N–C) groups is 2. The molecule has 0 saturated heterocycles. The number of rotatable bonds is 7. The zero-order valence-corrected chi connectivity index (χ0v) is 11.9. The topological polar surface area (TPSA) is 139 Å². The van der Waals surface area contributed by atoms with Crippen LogP contribution in [0.25, 0.3) is 5.32 Å². The molecule has 0 aromatic carbocycles. The van der Waals surface area contributed by atoms with E-state index in [1.165, 1.54) is 0 Å². The summed E-state index contributed by atoms with van der Waals surface area (Å²) in [5, 5.41) is 33.9. The van der Waals surface area contributed by atoms with Crippen LogP contribution in [0.4, 0.5) is 0 Å². The van der Waals surface area contributed by atoms with Crippen LogP contribution in [0.1, 0.15) is 0 Å². The van der Waals surface area contributed by atoms with Crippen molar-refractivity contribution >= 4 is 30.4 Å². The van der Waals surface area contributed by atoms with Gasteiger partial charge in [0, 0.05) is 6.54 Å². The standard InChI is InChI=1S/C8H14N3O4S.O.Tc/c12-6(13)5-11-8(15)7(14)10-2-1-9-3-4-16;;/h16H,1-5H2,(H,10,14)(H,11,15)(H,12,13);;/q-1;;+4/p-3/i;;1+1. The van der Waals surface area contributed by atoms with Gasteiger partial charge in [0.25, 0.3) is 0 Å². The molecule has 0 heterocycles. The predicted molar refractivity (Wildman–Crippen MR) is 58.3 cm³/mol. The summed E-state index contributed by atoms with van der Waals surface area (Å²) >= 11 is 5.54. The number of aliphatic carboxylic acids is 1. The molecule has 0 aliphatic rings. The van der Waals surface area contributed by atoms with Crippen LogP contribution in [0.3, 0.4) is 0 Å². The Morgan fingerprint density at radius 1 is 1.22 bits per heavy atom. The Hall–Kier alpha value is -0.831. The first kappa shape index (κ1) is 19.5. The summed E-state index contributed by atoms with van der Waals surface area (Å²) in [5.74, 6) is -2.97. The van der Waals surface area contributed by atoms with Crippen molar-refractivity contribution in [2.24, 2.45) is 9.98 Å². The number of carboxylic acid groups (broad SMARTS) is 1. The molecule has 0 saturated carbocycles. The van der Waals surface area contributed by atoms with Gasteiger partial charge in [-0.2, -0.15) is 12.3 Å². The zero-order valence-electron chi connectivity index (χ0n) is 9.24. The maximum absolute atomic E-state index is 10.9. The summed E-state index contributed by atoms with van der Waals surface area (Å²) in [7, 11) is 0. The Balaban J connectivity index is 0. The number of carbonyl (C=O) groups is 1. The van der Waals surface area contributed by atoms with Gasteiger partial charge in [-0.05, 0) is 11.8 Å². The average Bonchev–Trinajstić information content (AvgIpc) is 2.37. The van der Waals surface area contributed by atoms with Gasteiger partial charge in [-0.1, -0.05) is 0 Å². The van der Waals surface area contributed by atoms with Crippen molar-refractivity contribution < 1.29 is 42.5 Å². The van der Waals surface area contributed by atoms with Crippen LogP contribution in [0.5, 0.6) is 0 Å². The van der Waals surface area contributed by atoms with E-state index in [1.54, 1.807) is 0 Å². The molecule has 18 heavy (non-hydrogen) atoms. The number of hydrogen-bond acceptors (Lipinski definition) is 7. The molecule has 1 N–H and O–H groups in total. The van der Waals surface area contributed by atoms with Crippen molar-refractivity contribution in [2.45, 2.75) is 0 Å². The maximum atomic E-state index is 10.9. The van der Waals surface area contributed by atoms with Gasteiger partial charge in [-0.25, -0.2) is 0 Å². The molecule has 0 aliphatic heterocycles. The fraction of sp³-hybridized carbons (Fsp3) is 0.625. The van der Waals surface area contributed by atoms with E-state index in [4.69, 9.17) is 8.61 Å². The van der Waals surface area contributed by atoms with Crippen molar-refractivity contribution in [3.8, 4) is 0 Å². The molecule has 0 unspecified atom stereocenters. The van der Waals surface area contributed by atoms with Crippen molar-refractivity contribution in [1.82, 2.24) is 0 Å². The second-order valence-electron chi connectivity index (χ2n) is 2.58. The zero-order chi connectivity index (χ0) is 14.4. The van der Waals surface area contributed by atoms with Crippen LogP contribution < -0.4 is 10.2 Å². The number of nitrogens with zero attached hydrogens (tertiary/aromatic N) is 3. The molecule has 0 rings (SSSR count). The minimum absolute atomic E-state index is 0.0858. The van der Waals surface area contributed by atoms with Crippen LogP contribution in [0.2, 0.25) is 0 Å².